The minimum absolute atomic E-state index is 0.0254. The van der Waals surface area contributed by atoms with Crippen molar-refractivity contribution >= 4 is 51.7 Å². The molecule has 11 heteroatoms. The summed E-state index contributed by atoms with van der Waals surface area (Å²) in [5.41, 5.74) is 0.526. The second-order valence-corrected chi connectivity index (χ2v) is 9.97. The normalized spacial score (nSPS) is 17.0. The van der Waals surface area contributed by atoms with Crippen molar-refractivity contribution in [3.8, 4) is 5.75 Å². The molecule has 1 heterocycles. The van der Waals surface area contributed by atoms with Crippen LogP contribution in [0.1, 0.15) is 17.5 Å². The van der Waals surface area contributed by atoms with Crippen molar-refractivity contribution in [3.63, 3.8) is 0 Å². The van der Waals surface area contributed by atoms with E-state index in [1.54, 1.807) is 36.4 Å². The molecule has 1 unspecified atom stereocenters. The predicted octanol–water partition coefficient (Wildman–Crippen LogP) is 6.57. The molecule has 4 rings (SSSR count). The molecule has 38 heavy (non-hydrogen) atoms. The smallest absolute Gasteiger partial charge is 0.416 e. The molecule has 3 aromatic rings. The summed E-state index contributed by atoms with van der Waals surface area (Å²) in [5, 5.41) is 2.65. The first kappa shape index (κ1) is 27.5. The Hall–Kier alpha value is -3.50. The lowest BCUT2D eigenvalue weighted by atomic mass is 10.1. The van der Waals surface area contributed by atoms with E-state index >= 15 is 0 Å². The van der Waals surface area contributed by atoms with E-state index in [4.69, 9.17) is 16.3 Å². The lowest BCUT2D eigenvalue weighted by Gasteiger charge is -2.32. The average Bonchev–Trinajstić information content (AvgIpc) is 2.89. The molecule has 198 valence electrons. The Morgan fingerprint density at radius 3 is 2.58 bits per heavy atom. The number of anilines is 1. The van der Waals surface area contributed by atoms with Crippen LogP contribution in [0.5, 0.6) is 5.75 Å². The van der Waals surface area contributed by atoms with Crippen LogP contribution < -0.4 is 10.1 Å². The van der Waals surface area contributed by atoms with Crippen molar-refractivity contribution < 1.29 is 27.5 Å². The van der Waals surface area contributed by atoms with Crippen molar-refractivity contribution in [2.75, 3.05) is 19.0 Å². The molecule has 0 radical (unpaired) electrons. The molecule has 1 aliphatic rings. The number of aliphatic imine (C=N–C) groups is 1. The molecule has 1 fully saturated rings. The molecule has 1 atom stereocenters. The van der Waals surface area contributed by atoms with Gasteiger partial charge in [-0.1, -0.05) is 53.7 Å². The molecule has 1 N–H and O–H groups in total. The van der Waals surface area contributed by atoms with Gasteiger partial charge in [0.1, 0.15) is 11.0 Å². The number of methoxy groups -OCH3 is 1. The Kier molecular flexibility index (Phi) is 8.63. The zero-order valence-electron chi connectivity index (χ0n) is 20.2. The maximum atomic E-state index is 13.3. The van der Waals surface area contributed by atoms with Crippen LogP contribution in [0.15, 0.2) is 77.8 Å². The third kappa shape index (κ3) is 6.87. The first-order chi connectivity index (χ1) is 18.1. The van der Waals surface area contributed by atoms with Crippen LogP contribution >= 0.6 is 23.4 Å². The molecule has 0 spiro atoms. The van der Waals surface area contributed by atoms with Gasteiger partial charge in [-0.3, -0.25) is 14.5 Å². The zero-order chi connectivity index (χ0) is 27.3. The fourth-order valence-electron chi connectivity index (χ4n) is 3.78. The van der Waals surface area contributed by atoms with Gasteiger partial charge in [-0.2, -0.15) is 13.2 Å². The van der Waals surface area contributed by atoms with E-state index in [-0.39, 0.29) is 29.7 Å². The molecular formula is C27H23ClF3N3O3S. The molecule has 6 nitrogen and oxygen atoms in total. The number of nitrogens with one attached hydrogen (secondary N) is 1. The van der Waals surface area contributed by atoms with Crippen LogP contribution in [-0.4, -0.2) is 40.8 Å². The number of alkyl halides is 3. The molecule has 1 aliphatic heterocycles. The van der Waals surface area contributed by atoms with E-state index in [1.807, 2.05) is 12.1 Å². The number of carbonyl (C=O) groups is 2. The third-order valence-electron chi connectivity index (χ3n) is 5.73. The number of halogens is 4. The van der Waals surface area contributed by atoms with Gasteiger partial charge in [0.25, 0.3) is 0 Å². The number of amides is 2. The monoisotopic (exact) mass is 561 g/mol. The molecule has 3 aromatic carbocycles. The fourth-order valence-corrected chi connectivity index (χ4v) is 5.03. The highest BCUT2D eigenvalue weighted by Crippen LogP contribution is 2.34. The fraction of sp³-hybridized carbons (Fsp3) is 0.222. The highest BCUT2D eigenvalue weighted by Gasteiger charge is 2.36. The Bertz CT molecular complexity index is 1350. The Morgan fingerprint density at radius 1 is 1.13 bits per heavy atom. The Balaban J connectivity index is 1.61. The van der Waals surface area contributed by atoms with Crippen molar-refractivity contribution in [2.24, 2.45) is 4.99 Å². The summed E-state index contributed by atoms with van der Waals surface area (Å²) in [7, 11) is 1.47. The quantitative estimate of drug-likeness (QED) is 0.354. The lowest BCUT2D eigenvalue weighted by Crippen LogP contribution is -2.46. The van der Waals surface area contributed by atoms with E-state index in [2.05, 4.69) is 10.3 Å². The maximum absolute atomic E-state index is 13.3. The number of nitrogens with zero attached hydrogens (tertiary/aromatic N) is 2. The summed E-state index contributed by atoms with van der Waals surface area (Å²) in [6.45, 7) is 0.228. The number of para-hydroxylation sites is 2. The number of ether oxygens (including phenoxy) is 1. The second-order valence-electron chi connectivity index (χ2n) is 8.36. The van der Waals surface area contributed by atoms with Gasteiger partial charge >= 0.3 is 6.18 Å². The van der Waals surface area contributed by atoms with Gasteiger partial charge in [-0.15, -0.1) is 0 Å². The number of benzene rings is 3. The number of hydrogen-bond donors (Lipinski definition) is 1. The van der Waals surface area contributed by atoms with Crippen LogP contribution in [0.4, 0.5) is 24.5 Å². The van der Waals surface area contributed by atoms with E-state index in [1.165, 1.54) is 24.1 Å². The van der Waals surface area contributed by atoms with Crippen LogP contribution in [0.2, 0.25) is 5.02 Å². The van der Waals surface area contributed by atoms with Gasteiger partial charge < -0.3 is 10.1 Å². The van der Waals surface area contributed by atoms with Gasteiger partial charge in [0.05, 0.1) is 24.0 Å². The van der Waals surface area contributed by atoms with Crippen molar-refractivity contribution in [2.45, 2.75) is 24.3 Å². The zero-order valence-corrected chi connectivity index (χ0v) is 21.7. The van der Waals surface area contributed by atoms with Gasteiger partial charge in [-0.25, -0.2) is 4.99 Å². The second kappa shape index (κ2) is 11.9. The minimum atomic E-state index is -4.54. The van der Waals surface area contributed by atoms with Crippen LogP contribution in [0, 0.1) is 0 Å². The molecule has 0 bridgehead atoms. The van der Waals surface area contributed by atoms with Crippen molar-refractivity contribution in [3.05, 3.63) is 88.9 Å². The molecule has 0 aromatic heterocycles. The average molecular weight is 562 g/mol. The van der Waals surface area contributed by atoms with Crippen molar-refractivity contribution in [1.29, 1.82) is 0 Å². The highest BCUT2D eigenvalue weighted by atomic mass is 35.5. The molecule has 2 amide bonds. The number of carbonyl (C=O) groups excluding carboxylic acids is 2. The summed E-state index contributed by atoms with van der Waals surface area (Å²) in [4.78, 5) is 32.1. The van der Waals surface area contributed by atoms with Gasteiger partial charge in [-0.05, 0) is 54.4 Å². The predicted molar refractivity (Wildman–Crippen MR) is 143 cm³/mol. The lowest BCUT2D eigenvalue weighted by molar-refractivity contribution is -0.137. The maximum Gasteiger partial charge on any atom is 0.416 e. The van der Waals surface area contributed by atoms with Gasteiger partial charge in [0.2, 0.25) is 11.8 Å². The minimum Gasteiger partial charge on any atom is -0.495 e. The number of rotatable bonds is 7. The molecule has 0 saturated carbocycles. The number of thioether (sulfide) groups is 1. The largest absolute Gasteiger partial charge is 0.495 e. The third-order valence-corrected chi connectivity index (χ3v) is 7.17. The van der Waals surface area contributed by atoms with Crippen LogP contribution in [0.3, 0.4) is 0 Å². The Morgan fingerprint density at radius 2 is 1.87 bits per heavy atom. The standard InChI is InChI=1S/C27H23ClF3N3O3S/c1-37-22-8-3-2-7-21(22)33-25(36)23-16-24(35)34(14-13-17-9-11-19(28)12-10-17)26(38-23)32-20-6-4-5-18(15-20)27(29,30)31/h2-12,15,23H,13-14,16H2,1H3,(H,33,36). The topological polar surface area (TPSA) is 71.0 Å². The van der Waals surface area contributed by atoms with Gasteiger partial charge in [0.15, 0.2) is 5.17 Å². The highest BCUT2D eigenvalue weighted by molar-refractivity contribution is 8.15. The molecule has 0 aliphatic carbocycles. The molecular weight excluding hydrogens is 539 g/mol. The van der Waals surface area contributed by atoms with E-state index in [9.17, 15) is 22.8 Å². The summed E-state index contributed by atoms with van der Waals surface area (Å²) >= 11 is 6.98. The van der Waals surface area contributed by atoms with Crippen molar-refractivity contribution in [1.82, 2.24) is 4.90 Å². The Labute approximate surface area is 226 Å². The summed E-state index contributed by atoms with van der Waals surface area (Å²) in [6.07, 6.45) is -4.19. The van der Waals surface area contributed by atoms with Crippen LogP contribution in [-0.2, 0) is 22.2 Å². The van der Waals surface area contributed by atoms with E-state index in [0.717, 1.165) is 29.5 Å². The SMILES string of the molecule is COc1ccccc1NC(=O)C1CC(=O)N(CCc2ccc(Cl)cc2)C(=Nc2cccc(C(F)(F)F)c2)S1. The van der Waals surface area contributed by atoms with E-state index < -0.39 is 22.9 Å². The summed E-state index contributed by atoms with van der Waals surface area (Å²) in [5.74, 6) is -0.346. The van der Waals surface area contributed by atoms with Gasteiger partial charge in [0, 0.05) is 18.0 Å². The summed E-state index contributed by atoms with van der Waals surface area (Å²) < 4.78 is 45.1. The number of hydrogen-bond acceptors (Lipinski definition) is 5. The molecule has 1 saturated heterocycles. The first-order valence-corrected chi connectivity index (χ1v) is 12.8. The van der Waals surface area contributed by atoms with Crippen LogP contribution in [0.25, 0.3) is 0 Å². The first-order valence-electron chi connectivity index (χ1n) is 11.6. The summed E-state index contributed by atoms with van der Waals surface area (Å²) in [6, 6.07) is 18.5. The number of amidine groups is 1. The van der Waals surface area contributed by atoms with E-state index in [0.29, 0.717) is 22.9 Å².